The zero-order valence-corrected chi connectivity index (χ0v) is 9.23. The van der Waals surface area contributed by atoms with Crippen LogP contribution in [0.15, 0.2) is 9.41 Å². The summed E-state index contributed by atoms with van der Waals surface area (Å²) in [6.45, 7) is 3.91. The van der Waals surface area contributed by atoms with E-state index < -0.39 is 0 Å². The van der Waals surface area contributed by atoms with Crippen molar-refractivity contribution in [2.24, 2.45) is 10.7 Å². The molecule has 0 saturated carbocycles. The maximum atomic E-state index is 5.86. The number of hydrogen-bond donors (Lipinski definition) is 2. The van der Waals surface area contributed by atoms with Crippen molar-refractivity contribution < 1.29 is 4.42 Å². The molecule has 1 aliphatic heterocycles. The lowest BCUT2D eigenvalue weighted by atomic mass is 10.1. The second kappa shape index (κ2) is 3.24. The average molecular weight is 211 g/mol. The van der Waals surface area contributed by atoms with Gasteiger partial charge in [-0.3, -0.25) is 0 Å². The Bertz CT molecular complexity index is 397. The van der Waals surface area contributed by atoms with Crippen molar-refractivity contribution in [2.75, 3.05) is 11.6 Å². The van der Waals surface area contributed by atoms with Crippen LogP contribution in [-0.4, -0.2) is 17.6 Å². The van der Waals surface area contributed by atoms with Crippen LogP contribution >= 0.6 is 11.8 Å². The fourth-order valence-electron chi connectivity index (χ4n) is 1.48. The van der Waals surface area contributed by atoms with Gasteiger partial charge in [0, 0.05) is 5.56 Å². The van der Waals surface area contributed by atoms with Crippen LogP contribution in [0.5, 0.6) is 0 Å². The summed E-state index contributed by atoms with van der Waals surface area (Å²) in [5, 5.41) is 3.17. The molecule has 1 aromatic rings. The van der Waals surface area contributed by atoms with E-state index in [2.05, 4.69) is 10.3 Å². The Labute approximate surface area is 87.0 Å². The first kappa shape index (κ1) is 9.45. The number of hydrogen-bond acceptors (Lipinski definition) is 5. The Morgan fingerprint density at radius 1 is 1.50 bits per heavy atom. The maximum Gasteiger partial charge on any atom is 0.206 e. The van der Waals surface area contributed by atoms with Crippen LogP contribution in [0.3, 0.4) is 0 Å². The van der Waals surface area contributed by atoms with Crippen molar-refractivity contribution in [3.63, 3.8) is 0 Å². The molecule has 0 amide bonds. The van der Waals surface area contributed by atoms with Crippen molar-refractivity contribution in [1.29, 1.82) is 0 Å². The van der Waals surface area contributed by atoms with E-state index in [0.29, 0.717) is 5.84 Å². The Hall–Kier alpha value is -1.10. The summed E-state index contributed by atoms with van der Waals surface area (Å²) in [6.07, 6.45) is 1.97. The molecule has 0 aromatic carbocycles. The SMILES string of the molecule is CSC1N=C(N)c2c(oc(C)c2C)N1. The van der Waals surface area contributed by atoms with E-state index in [0.717, 1.165) is 22.8 Å². The molecule has 1 unspecified atom stereocenters. The van der Waals surface area contributed by atoms with Gasteiger partial charge in [-0.05, 0) is 20.1 Å². The quantitative estimate of drug-likeness (QED) is 0.741. The van der Waals surface area contributed by atoms with Gasteiger partial charge in [-0.25, -0.2) is 4.99 Å². The Morgan fingerprint density at radius 3 is 2.86 bits per heavy atom. The lowest BCUT2D eigenvalue weighted by Gasteiger charge is -2.18. The Kier molecular flexibility index (Phi) is 2.19. The fraction of sp³-hybridized carbons (Fsp3) is 0.444. The minimum absolute atomic E-state index is 0.0348. The topological polar surface area (TPSA) is 63.5 Å². The predicted octanol–water partition coefficient (Wildman–Crippen LogP) is 1.67. The zero-order valence-electron chi connectivity index (χ0n) is 8.42. The molecule has 0 spiro atoms. The molecule has 2 rings (SSSR count). The van der Waals surface area contributed by atoms with Crippen molar-refractivity contribution in [3.05, 3.63) is 16.9 Å². The number of aliphatic imine (C=N–C) groups is 1. The summed E-state index contributed by atoms with van der Waals surface area (Å²) in [4.78, 5) is 4.30. The molecule has 2 heterocycles. The molecule has 3 N–H and O–H groups in total. The lowest BCUT2D eigenvalue weighted by molar-refractivity contribution is 0.541. The van der Waals surface area contributed by atoms with E-state index in [9.17, 15) is 0 Å². The van der Waals surface area contributed by atoms with Gasteiger partial charge in [0.2, 0.25) is 5.88 Å². The highest BCUT2D eigenvalue weighted by Gasteiger charge is 2.24. The van der Waals surface area contributed by atoms with Gasteiger partial charge in [-0.15, -0.1) is 11.8 Å². The molecule has 0 aliphatic carbocycles. The number of nitrogens with two attached hydrogens (primary N) is 1. The smallest absolute Gasteiger partial charge is 0.206 e. The average Bonchev–Trinajstić information content (AvgIpc) is 2.43. The van der Waals surface area contributed by atoms with Gasteiger partial charge in [-0.2, -0.15) is 0 Å². The number of furan rings is 1. The van der Waals surface area contributed by atoms with E-state index in [1.54, 1.807) is 11.8 Å². The van der Waals surface area contributed by atoms with Crippen LogP contribution in [0.2, 0.25) is 0 Å². The third-order valence-electron chi connectivity index (χ3n) is 2.38. The Balaban J connectivity index is 2.50. The van der Waals surface area contributed by atoms with Gasteiger partial charge >= 0.3 is 0 Å². The third kappa shape index (κ3) is 1.28. The fourth-order valence-corrected chi connectivity index (χ4v) is 1.93. The summed E-state index contributed by atoms with van der Waals surface area (Å²) in [6, 6.07) is 0. The lowest BCUT2D eigenvalue weighted by Crippen LogP contribution is -2.27. The van der Waals surface area contributed by atoms with Crippen molar-refractivity contribution in [3.8, 4) is 0 Å². The zero-order chi connectivity index (χ0) is 10.3. The van der Waals surface area contributed by atoms with E-state index in [1.165, 1.54) is 0 Å². The number of aryl methyl sites for hydroxylation is 1. The summed E-state index contributed by atoms with van der Waals surface area (Å²) in [7, 11) is 0. The predicted molar refractivity (Wildman–Crippen MR) is 59.8 cm³/mol. The second-order valence-electron chi connectivity index (χ2n) is 3.23. The summed E-state index contributed by atoms with van der Waals surface area (Å²) in [5.41, 5.74) is 7.80. The number of nitrogens with zero attached hydrogens (tertiary/aromatic N) is 1. The minimum atomic E-state index is -0.0348. The van der Waals surface area contributed by atoms with Crippen molar-refractivity contribution >= 4 is 23.5 Å². The number of anilines is 1. The minimum Gasteiger partial charge on any atom is -0.445 e. The molecular weight excluding hydrogens is 198 g/mol. The summed E-state index contributed by atoms with van der Waals surface area (Å²) < 4.78 is 5.55. The molecular formula is C9H13N3OS. The first-order chi connectivity index (χ1) is 6.63. The number of thioether (sulfide) groups is 1. The molecule has 1 aromatic heterocycles. The molecule has 4 nitrogen and oxygen atoms in total. The van der Waals surface area contributed by atoms with Crippen LogP contribution in [0, 0.1) is 13.8 Å². The maximum absolute atomic E-state index is 5.86. The van der Waals surface area contributed by atoms with E-state index >= 15 is 0 Å². The van der Waals surface area contributed by atoms with Gasteiger partial charge in [0.15, 0.2) is 5.50 Å². The molecule has 0 saturated heterocycles. The molecule has 0 bridgehead atoms. The largest absolute Gasteiger partial charge is 0.445 e. The van der Waals surface area contributed by atoms with Gasteiger partial charge in [-0.1, -0.05) is 0 Å². The standard InChI is InChI=1S/C9H13N3OS/c1-4-5(2)13-8-6(4)7(10)11-9(12-8)14-3/h9,12H,1-3H3,(H2,10,11). The van der Waals surface area contributed by atoms with Crippen LogP contribution in [0.4, 0.5) is 5.88 Å². The first-order valence-electron chi connectivity index (χ1n) is 4.36. The molecule has 1 aliphatic rings. The van der Waals surface area contributed by atoms with E-state index in [-0.39, 0.29) is 5.50 Å². The van der Waals surface area contributed by atoms with Crippen molar-refractivity contribution in [1.82, 2.24) is 0 Å². The third-order valence-corrected chi connectivity index (χ3v) is 3.05. The highest BCUT2D eigenvalue weighted by Crippen LogP contribution is 2.31. The first-order valence-corrected chi connectivity index (χ1v) is 5.65. The van der Waals surface area contributed by atoms with Crippen LogP contribution in [-0.2, 0) is 0 Å². The number of fused-ring (bicyclic) bond motifs is 1. The van der Waals surface area contributed by atoms with Crippen LogP contribution in [0.25, 0.3) is 0 Å². The molecule has 0 fully saturated rings. The highest BCUT2D eigenvalue weighted by atomic mass is 32.2. The summed E-state index contributed by atoms with van der Waals surface area (Å²) >= 11 is 1.59. The highest BCUT2D eigenvalue weighted by molar-refractivity contribution is 7.99. The molecule has 76 valence electrons. The Morgan fingerprint density at radius 2 is 2.21 bits per heavy atom. The van der Waals surface area contributed by atoms with Crippen molar-refractivity contribution in [2.45, 2.75) is 19.3 Å². The number of amidine groups is 1. The number of nitrogens with one attached hydrogen (secondary N) is 1. The van der Waals surface area contributed by atoms with Gasteiger partial charge < -0.3 is 15.5 Å². The van der Waals surface area contributed by atoms with E-state index in [4.69, 9.17) is 10.2 Å². The molecule has 1 atom stereocenters. The molecule has 0 radical (unpaired) electrons. The molecule has 5 heteroatoms. The normalized spacial score (nSPS) is 19.9. The van der Waals surface area contributed by atoms with Crippen LogP contribution in [0.1, 0.15) is 16.9 Å². The van der Waals surface area contributed by atoms with E-state index in [1.807, 2.05) is 20.1 Å². The number of rotatable bonds is 1. The summed E-state index contributed by atoms with van der Waals surface area (Å²) in [5.74, 6) is 2.20. The van der Waals surface area contributed by atoms with Crippen LogP contribution < -0.4 is 11.1 Å². The second-order valence-corrected chi connectivity index (χ2v) is 4.15. The monoisotopic (exact) mass is 211 g/mol. The molecule has 14 heavy (non-hydrogen) atoms. The van der Waals surface area contributed by atoms with Gasteiger partial charge in [0.1, 0.15) is 11.6 Å². The van der Waals surface area contributed by atoms with Gasteiger partial charge in [0.25, 0.3) is 0 Å². The van der Waals surface area contributed by atoms with Gasteiger partial charge in [0.05, 0.1) is 5.56 Å².